The lowest BCUT2D eigenvalue weighted by Crippen LogP contribution is -2.50. The van der Waals surface area contributed by atoms with Crippen LogP contribution < -0.4 is 4.74 Å². The van der Waals surface area contributed by atoms with E-state index in [-0.39, 0.29) is 18.1 Å². The van der Waals surface area contributed by atoms with Crippen LogP contribution in [0.1, 0.15) is 40.4 Å². The fraction of sp³-hybridized carbons (Fsp3) is 0.345. The van der Waals surface area contributed by atoms with Gasteiger partial charge in [-0.1, -0.05) is 72.8 Å². The molecule has 2 saturated heterocycles. The standard InChI is InChI=1S/C29H32N2O3/c32-29(26-15-7-8-16-27(26)34-22-25-14-9-21-33-25)31-19-17-30(18-20-31)28(23-10-3-1-4-11-23)24-12-5-2-6-13-24/h1-8,10-13,15-16,25,28H,9,14,17-22H2. The Morgan fingerprint density at radius 2 is 1.47 bits per heavy atom. The van der Waals surface area contributed by atoms with Crippen molar-refractivity contribution in [2.45, 2.75) is 25.0 Å². The van der Waals surface area contributed by atoms with Gasteiger partial charge in [0, 0.05) is 32.8 Å². The van der Waals surface area contributed by atoms with E-state index in [0.29, 0.717) is 31.0 Å². The number of carbonyl (C=O) groups is 1. The summed E-state index contributed by atoms with van der Waals surface area (Å²) in [7, 11) is 0. The maximum atomic E-state index is 13.4. The SMILES string of the molecule is O=C(c1ccccc1OCC1CCCO1)N1CCN(C(c2ccccc2)c2ccccc2)CC1. The molecule has 0 aliphatic carbocycles. The topological polar surface area (TPSA) is 42.0 Å². The van der Waals surface area contributed by atoms with Crippen molar-refractivity contribution in [3.8, 4) is 5.75 Å². The lowest BCUT2D eigenvalue weighted by molar-refractivity contribution is 0.0570. The Kier molecular flexibility index (Phi) is 7.22. The summed E-state index contributed by atoms with van der Waals surface area (Å²) in [6.07, 6.45) is 2.22. The van der Waals surface area contributed by atoms with Gasteiger partial charge in [0.05, 0.1) is 17.7 Å². The van der Waals surface area contributed by atoms with E-state index in [0.717, 1.165) is 32.5 Å². The van der Waals surface area contributed by atoms with Crippen LogP contribution in [0.3, 0.4) is 0 Å². The number of carbonyl (C=O) groups excluding carboxylic acids is 1. The molecule has 176 valence electrons. The van der Waals surface area contributed by atoms with E-state index in [4.69, 9.17) is 9.47 Å². The van der Waals surface area contributed by atoms with Crippen molar-refractivity contribution in [1.29, 1.82) is 0 Å². The summed E-state index contributed by atoms with van der Waals surface area (Å²) in [5, 5.41) is 0. The summed E-state index contributed by atoms with van der Waals surface area (Å²) in [6.45, 7) is 4.31. The Morgan fingerprint density at radius 3 is 2.09 bits per heavy atom. The van der Waals surface area contributed by atoms with Gasteiger partial charge in [-0.05, 0) is 36.1 Å². The van der Waals surface area contributed by atoms with Crippen LogP contribution in [0.5, 0.6) is 5.75 Å². The van der Waals surface area contributed by atoms with Crippen LogP contribution in [-0.4, -0.2) is 61.2 Å². The minimum absolute atomic E-state index is 0.0403. The molecule has 5 nitrogen and oxygen atoms in total. The first-order valence-corrected chi connectivity index (χ1v) is 12.3. The number of amides is 1. The van der Waals surface area contributed by atoms with Crippen LogP contribution in [0.25, 0.3) is 0 Å². The third kappa shape index (κ3) is 5.16. The fourth-order valence-corrected chi connectivity index (χ4v) is 4.97. The second kappa shape index (κ2) is 10.9. The zero-order valence-corrected chi connectivity index (χ0v) is 19.5. The van der Waals surface area contributed by atoms with Crippen molar-refractivity contribution in [2.75, 3.05) is 39.4 Å². The van der Waals surface area contributed by atoms with Gasteiger partial charge in [0.1, 0.15) is 12.4 Å². The van der Waals surface area contributed by atoms with Crippen LogP contribution in [0.15, 0.2) is 84.9 Å². The normalized spacial score (nSPS) is 18.9. The van der Waals surface area contributed by atoms with Crippen molar-refractivity contribution in [2.24, 2.45) is 0 Å². The van der Waals surface area contributed by atoms with Crippen molar-refractivity contribution in [1.82, 2.24) is 9.80 Å². The minimum Gasteiger partial charge on any atom is -0.490 e. The first-order chi connectivity index (χ1) is 16.8. The monoisotopic (exact) mass is 456 g/mol. The number of benzene rings is 3. The molecule has 5 heteroatoms. The summed E-state index contributed by atoms with van der Waals surface area (Å²) in [5.74, 6) is 0.690. The first kappa shape index (κ1) is 22.6. The van der Waals surface area contributed by atoms with Crippen molar-refractivity contribution in [3.05, 3.63) is 102 Å². The van der Waals surface area contributed by atoms with Crippen molar-refractivity contribution < 1.29 is 14.3 Å². The van der Waals surface area contributed by atoms with Gasteiger partial charge < -0.3 is 14.4 Å². The second-order valence-electron chi connectivity index (χ2n) is 8.99. The van der Waals surface area contributed by atoms with Crippen LogP contribution in [0, 0.1) is 0 Å². The van der Waals surface area contributed by atoms with Gasteiger partial charge in [-0.3, -0.25) is 9.69 Å². The molecule has 0 spiro atoms. The maximum absolute atomic E-state index is 13.4. The second-order valence-corrected chi connectivity index (χ2v) is 8.99. The molecule has 0 radical (unpaired) electrons. The molecule has 2 aliphatic heterocycles. The van der Waals surface area contributed by atoms with Crippen LogP contribution in [-0.2, 0) is 4.74 Å². The molecule has 2 fully saturated rings. The third-order valence-electron chi connectivity index (χ3n) is 6.76. The molecule has 5 rings (SSSR count). The number of nitrogens with zero attached hydrogens (tertiary/aromatic N) is 2. The Labute approximate surface area is 201 Å². The highest BCUT2D eigenvalue weighted by Gasteiger charge is 2.29. The average Bonchev–Trinajstić information content (AvgIpc) is 3.43. The molecule has 1 unspecified atom stereocenters. The molecule has 0 saturated carbocycles. The number of rotatable bonds is 7. The summed E-state index contributed by atoms with van der Waals surface area (Å²) in [5.41, 5.74) is 3.19. The van der Waals surface area contributed by atoms with E-state index >= 15 is 0 Å². The number of para-hydroxylation sites is 1. The van der Waals surface area contributed by atoms with E-state index in [1.165, 1.54) is 11.1 Å². The lowest BCUT2D eigenvalue weighted by atomic mass is 9.96. The number of piperazine rings is 1. The van der Waals surface area contributed by atoms with Gasteiger partial charge in [-0.2, -0.15) is 0 Å². The summed E-state index contributed by atoms with van der Waals surface area (Å²) in [6, 6.07) is 29.0. The smallest absolute Gasteiger partial charge is 0.257 e. The molecule has 0 aromatic heterocycles. The predicted molar refractivity (Wildman–Crippen MR) is 133 cm³/mol. The summed E-state index contributed by atoms with van der Waals surface area (Å²) in [4.78, 5) is 17.9. The van der Waals surface area contributed by atoms with Crippen molar-refractivity contribution in [3.63, 3.8) is 0 Å². The molecule has 0 N–H and O–H groups in total. The molecule has 3 aromatic carbocycles. The molecule has 2 heterocycles. The molecular formula is C29H32N2O3. The summed E-state index contributed by atoms with van der Waals surface area (Å²) >= 11 is 0. The molecule has 34 heavy (non-hydrogen) atoms. The molecular weight excluding hydrogens is 424 g/mol. The van der Waals surface area contributed by atoms with E-state index in [2.05, 4.69) is 65.6 Å². The molecule has 2 aliphatic rings. The third-order valence-corrected chi connectivity index (χ3v) is 6.76. The van der Waals surface area contributed by atoms with Crippen LogP contribution >= 0.6 is 0 Å². The number of hydrogen-bond acceptors (Lipinski definition) is 4. The van der Waals surface area contributed by atoms with E-state index in [9.17, 15) is 4.79 Å². The molecule has 1 atom stereocenters. The Bertz CT molecular complexity index is 1020. The largest absolute Gasteiger partial charge is 0.490 e. The van der Waals surface area contributed by atoms with Crippen LogP contribution in [0.2, 0.25) is 0 Å². The van der Waals surface area contributed by atoms with Gasteiger partial charge in [0.2, 0.25) is 0 Å². The lowest BCUT2D eigenvalue weighted by Gasteiger charge is -2.40. The zero-order valence-electron chi connectivity index (χ0n) is 19.5. The van der Waals surface area contributed by atoms with Gasteiger partial charge >= 0.3 is 0 Å². The van der Waals surface area contributed by atoms with Gasteiger partial charge in [-0.15, -0.1) is 0 Å². The van der Waals surface area contributed by atoms with E-state index < -0.39 is 0 Å². The molecule has 3 aromatic rings. The predicted octanol–water partition coefficient (Wildman–Crippen LogP) is 4.79. The Morgan fingerprint density at radius 1 is 0.853 bits per heavy atom. The highest BCUT2D eigenvalue weighted by molar-refractivity contribution is 5.97. The molecule has 0 bridgehead atoms. The highest BCUT2D eigenvalue weighted by atomic mass is 16.5. The summed E-state index contributed by atoms with van der Waals surface area (Å²) < 4.78 is 11.7. The fourth-order valence-electron chi connectivity index (χ4n) is 4.97. The number of ether oxygens (including phenoxy) is 2. The molecule has 1 amide bonds. The van der Waals surface area contributed by atoms with Gasteiger partial charge in [0.15, 0.2) is 0 Å². The number of hydrogen-bond donors (Lipinski definition) is 0. The highest BCUT2D eigenvalue weighted by Crippen LogP contribution is 2.30. The minimum atomic E-state index is 0.0403. The van der Waals surface area contributed by atoms with E-state index in [1.54, 1.807) is 0 Å². The Hall–Kier alpha value is -3.15. The quantitative estimate of drug-likeness (QED) is 0.513. The Balaban J connectivity index is 1.27. The van der Waals surface area contributed by atoms with Crippen LogP contribution in [0.4, 0.5) is 0 Å². The van der Waals surface area contributed by atoms with E-state index in [1.807, 2.05) is 29.2 Å². The first-order valence-electron chi connectivity index (χ1n) is 12.3. The average molecular weight is 457 g/mol. The van der Waals surface area contributed by atoms with Gasteiger partial charge in [0.25, 0.3) is 5.91 Å². The van der Waals surface area contributed by atoms with Gasteiger partial charge in [-0.25, -0.2) is 0 Å². The zero-order chi connectivity index (χ0) is 23.2. The van der Waals surface area contributed by atoms with Crippen molar-refractivity contribution >= 4 is 5.91 Å². The maximum Gasteiger partial charge on any atom is 0.257 e.